The van der Waals surface area contributed by atoms with Crippen LogP contribution in [0.5, 0.6) is 0 Å². The summed E-state index contributed by atoms with van der Waals surface area (Å²) < 4.78 is 8.00. The number of benzene rings is 1. The van der Waals surface area contributed by atoms with Crippen LogP contribution in [-0.2, 0) is 4.74 Å². The molecule has 3 nitrogen and oxygen atoms in total. The number of nitrogens with zero attached hydrogens (tertiary/aromatic N) is 1. The average Bonchev–Trinajstić information content (AvgIpc) is 3.11. The highest BCUT2D eigenvalue weighted by Crippen LogP contribution is 2.37. The summed E-state index contributed by atoms with van der Waals surface area (Å²) in [5, 5.41) is 3.64. The van der Waals surface area contributed by atoms with Crippen molar-refractivity contribution in [2.45, 2.75) is 13.3 Å². The number of carbonyl (C=O) groups is 1. The maximum atomic E-state index is 10.9. The molecule has 0 saturated heterocycles. The molecular weight excluding hydrogens is 314 g/mol. The average molecular weight is 333 g/mol. The SMILES string of the molecule is CCCOCCN(C)c1cc2cc3cc(C=O)sc3cc2s1. The molecule has 22 heavy (non-hydrogen) atoms. The summed E-state index contributed by atoms with van der Waals surface area (Å²) >= 11 is 3.34. The van der Waals surface area contributed by atoms with Crippen molar-refractivity contribution in [2.24, 2.45) is 0 Å². The van der Waals surface area contributed by atoms with Gasteiger partial charge in [0.05, 0.1) is 16.5 Å². The summed E-state index contributed by atoms with van der Waals surface area (Å²) in [7, 11) is 2.10. The second-order valence-corrected chi connectivity index (χ2v) is 7.49. The zero-order valence-electron chi connectivity index (χ0n) is 12.8. The van der Waals surface area contributed by atoms with Gasteiger partial charge in [-0.25, -0.2) is 0 Å². The molecule has 0 aliphatic carbocycles. The molecule has 3 aromatic rings. The summed E-state index contributed by atoms with van der Waals surface area (Å²) in [5.74, 6) is 0. The van der Waals surface area contributed by atoms with E-state index in [1.54, 1.807) is 22.7 Å². The fraction of sp³-hybridized carbons (Fsp3) is 0.353. The molecule has 0 radical (unpaired) electrons. The van der Waals surface area contributed by atoms with E-state index in [0.717, 1.165) is 42.7 Å². The fourth-order valence-electron chi connectivity index (χ4n) is 2.39. The summed E-state index contributed by atoms with van der Waals surface area (Å²) in [5.41, 5.74) is 0. The predicted molar refractivity (Wildman–Crippen MR) is 97.0 cm³/mol. The number of thiophene rings is 2. The second-order valence-electron chi connectivity index (χ2n) is 5.31. The van der Waals surface area contributed by atoms with Gasteiger partial charge in [-0.3, -0.25) is 4.79 Å². The number of fused-ring (bicyclic) bond motifs is 2. The van der Waals surface area contributed by atoms with Gasteiger partial charge in [0.25, 0.3) is 0 Å². The van der Waals surface area contributed by atoms with Crippen LogP contribution in [0.3, 0.4) is 0 Å². The van der Waals surface area contributed by atoms with Gasteiger partial charge in [-0.2, -0.15) is 0 Å². The lowest BCUT2D eigenvalue weighted by Crippen LogP contribution is -2.21. The highest BCUT2D eigenvalue weighted by molar-refractivity contribution is 7.24. The van der Waals surface area contributed by atoms with E-state index in [1.165, 1.54) is 19.8 Å². The number of anilines is 1. The first kappa shape index (κ1) is 15.5. The zero-order valence-corrected chi connectivity index (χ0v) is 14.4. The first-order valence-corrected chi connectivity index (χ1v) is 9.05. The van der Waals surface area contributed by atoms with E-state index in [9.17, 15) is 4.79 Å². The van der Waals surface area contributed by atoms with E-state index in [2.05, 4.69) is 37.1 Å². The largest absolute Gasteiger partial charge is 0.380 e. The molecule has 0 aliphatic rings. The van der Waals surface area contributed by atoms with Gasteiger partial charge >= 0.3 is 0 Å². The molecule has 0 saturated carbocycles. The van der Waals surface area contributed by atoms with E-state index >= 15 is 0 Å². The third-order valence-electron chi connectivity index (χ3n) is 3.57. The van der Waals surface area contributed by atoms with Gasteiger partial charge in [0.15, 0.2) is 6.29 Å². The highest BCUT2D eigenvalue weighted by atomic mass is 32.1. The minimum Gasteiger partial charge on any atom is -0.380 e. The number of aldehydes is 1. The number of rotatable bonds is 7. The summed E-state index contributed by atoms with van der Waals surface area (Å²) in [6, 6.07) is 8.55. The Bertz CT molecular complexity index is 740. The van der Waals surface area contributed by atoms with Crippen LogP contribution >= 0.6 is 22.7 Å². The third kappa shape index (κ3) is 3.16. The Morgan fingerprint density at radius 2 is 1.86 bits per heavy atom. The van der Waals surface area contributed by atoms with Crippen LogP contribution < -0.4 is 4.90 Å². The Morgan fingerprint density at radius 1 is 1.09 bits per heavy atom. The standard InChI is InChI=1S/C17H19NO2S2/c1-3-5-20-6-4-18(2)17-9-13-7-12-8-14(11-19)21-15(12)10-16(13)22-17/h7-11H,3-6H2,1-2H3. The molecule has 2 heterocycles. The van der Waals surface area contributed by atoms with Gasteiger partial charge in [0.1, 0.15) is 0 Å². The smallest absolute Gasteiger partial charge is 0.160 e. The van der Waals surface area contributed by atoms with Crippen molar-refractivity contribution >= 4 is 54.1 Å². The minimum atomic E-state index is 0.760. The van der Waals surface area contributed by atoms with Crippen molar-refractivity contribution in [3.05, 3.63) is 29.1 Å². The first-order valence-electron chi connectivity index (χ1n) is 7.42. The molecule has 5 heteroatoms. The number of hydrogen-bond acceptors (Lipinski definition) is 5. The van der Waals surface area contributed by atoms with Crippen molar-refractivity contribution in [2.75, 3.05) is 31.7 Å². The second kappa shape index (κ2) is 6.77. The van der Waals surface area contributed by atoms with E-state index in [-0.39, 0.29) is 0 Å². The Morgan fingerprint density at radius 3 is 2.64 bits per heavy atom. The summed E-state index contributed by atoms with van der Waals surface area (Å²) in [4.78, 5) is 13.9. The first-order chi connectivity index (χ1) is 10.7. The van der Waals surface area contributed by atoms with Crippen LogP contribution in [0.4, 0.5) is 5.00 Å². The molecule has 116 valence electrons. The van der Waals surface area contributed by atoms with E-state index in [0.29, 0.717) is 0 Å². The molecule has 0 amide bonds. The predicted octanol–water partition coefficient (Wildman–Crippen LogP) is 4.79. The maximum absolute atomic E-state index is 10.9. The summed E-state index contributed by atoms with van der Waals surface area (Å²) in [6.45, 7) is 4.61. The lowest BCUT2D eigenvalue weighted by molar-refractivity contribution is 0.112. The Hall–Kier alpha value is -1.43. The quantitative estimate of drug-likeness (QED) is 0.460. The minimum absolute atomic E-state index is 0.760. The lowest BCUT2D eigenvalue weighted by Gasteiger charge is -2.16. The van der Waals surface area contributed by atoms with Crippen LogP contribution in [0.2, 0.25) is 0 Å². The van der Waals surface area contributed by atoms with Crippen molar-refractivity contribution in [1.29, 1.82) is 0 Å². The Kier molecular flexibility index (Phi) is 4.76. The van der Waals surface area contributed by atoms with Gasteiger partial charge in [0, 0.05) is 29.6 Å². The Balaban J connectivity index is 1.81. The molecule has 2 aromatic heterocycles. The van der Waals surface area contributed by atoms with Crippen molar-refractivity contribution < 1.29 is 9.53 Å². The summed E-state index contributed by atoms with van der Waals surface area (Å²) in [6.07, 6.45) is 1.99. The van der Waals surface area contributed by atoms with Gasteiger partial charge in [-0.05, 0) is 41.5 Å². The fourth-order valence-corrected chi connectivity index (χ4v) is 4.43. The highest BCUT2D eigenvalue weighted by Gasteiger charge is 2.09. The van der Waals surface area contributed by atoms with Crippen molar-refractivity contribution in [3.63, 3.8) is 0 Å². The number of hydrogen-bond donors (Lipinski definition) is 0. The van der Waals surface area contributed by atoms with E-state index in [1.807, 2.05) is 6.07 Å². The van der Waals surface area contributed by atoms with Crippen molar-refractivity contribution in [1.82, 2.24) is 0 Å². The van der Waals surface area contributed by atoms with Crippen LogP contribution in [-0.4, -0.2) is 33.1 Å². The molecule has 0 bridgehead atoms. The third-order valence-corrected chi connectivity index (χ3v) is 5.81. The molecule has 0 N–H and O–H groups in total. The Labute approximate surface area is 138 Å². The molecular formula is C17H19NO2S2. The molecule has 0 unspecified atom stereocenters. The molecule has 3 rings (SSSR count). The number of likely N-dealkylation sites (N-methyl/N-ethyl adjacent to an activating group) is 1. The van der Waals surface area contributed by atoms with E-state index in [4.69, 9.17) is 4.74 Å². The monoisotopic (exact) mass is 333 g/mol. The molecule has 1 aromatic carbocycles. The van der Waals surface area contributed by atoms with Crippen LogP contribution in [0.25, 0.3) is 20.2 Å². The maximum Gasteiger partial charge on any atom is 0.160 e. The van der Waals surface area contributed by atoms with Gasteiger partial charge < -0.3 is 9.64 Å². The zero-order chi connectivity index (χ0) is 15.5. The van der Waals surface area contributed by atoms with Crippen molar-refractivity contribution in [3.8, 4) is 0 Å². The van der Waals surface area contributed by atoms with Crippen LogP contribution in [0.1, 0.15) is 23.0 Å². The van der Waals surface area contributed by atoms with Gasteiger partial charge in [-0.15, -0.1) is 22.7 Å². The molecule has 0 fully saturated rings. The molecule has 0 aliphatic heterocycles. The molecule has 0 atom stereocenters. The normalized spacial score (nSPS) is 11.4. The number of ether oxygens (including phenoxy) is 1. The van der Waals surface area contributed by atoms with Gasteiger partial charge in [0.2, 0.25) is 0 Å². The van der Waals surface area contributed by atoms with Gasteiger partial charge in [-0.1, -0.05) is 6.92 Å². The molecule has 0 spiro atoms. The van der Waals surface area contributed by atoms with Crippen LogP contribution in [0, 0.1) is 0 Å². The topological polar surface area (TPSA) is 29.5 Å². The number of carbonyl (C=O) groups excluding carboxylic acids is 1. The van der Waals surface area contributed by atoms with E-state index < -0.39 is 0 Å². The van der Waals surface area contributed by atoms with Crippen LogP contribution in [0.15, 0.2) is 24.3 Å². The lowest BCUT2D eigenvalue weighted by atomic mass is 10.2.